The summed E-state index contributed by atoms with van der Waals surface area (Å²) in [5.41, 5.74) is -0.0702. The fourth-order valence-corrected chi connectivity index (χ4v) is 3.11. The van der Waals surface area contributed by atoms with Crippen molar-refractivity contribution < 1.29 is 18.8 Å². The number of nitrogens with one attached hydrogen (secondary N) is 1. The van der Waals surface area contributed by atoms with Gasteiger partial charge in [-0.3, -0.25) is 9.69 Å². The van der Waals surface area contributed by atoms with E-state index in [9.17, 15) is 9.59 Å². The molecule has 0 radical (unpaired) electrons. The highest BCUT2D eigenvalue weighted by Crippen LogP contribution is 2.42. The van der Waals surface area contributed by atoms with Gasteiger partial charge < -0.3 is 14.6 Å². The molecular formula is C17H18N4O4. The minimum Gasteiger partial charge on any atom is -0.497 e. The maximum Gasteiger partial charge on any atom is 0.325 e. The Labute approximate surface area is 144 Å². The molecule has 8 heteroatoms. The number of methoxy groups -OCH3 is 1. The first-order valence-electron chi connectivity index (χ1n) is 8.12. The number of aromatic nitrogens is 2. The molecule has 1 aliphatic heterocycles. The molecule has 1 aliphatic carbocycles. The Morgan fingerprint density at radius 1 is 1.32 bits per heavy atom. The number of imide groups is 1. The average molecular weight is 342 g/mol. The van der Waals surface area contributed by atoms with Gasteiger partial charge in [-0.05, 0) is 49.9 Å². The van der Waals surface area contributed by atoms with E-state index in [1.807, 2.05) is 0 Å². The number of carbonyl (C=O) groups excluding carboxylic acids is 2. The number of benzene rings is 1. The summed E-state index contributed by atoms with van der Waals surface area (Å²) >= 11 is 0. The van der Waals surface area contributed by atoms with Crippen molar-refractivity contribution in [2.45, 2.75) is 31.8 Å². The molecule has 0 bridgehead atoms. The van der Waals surface area contributed by atoms with Crippen LogP contribution in [-0.4, -0.2) is 39.6 Å². The summed E-state index contributed by atoms with van der Waals surface area (Å²) in [5.74, 6) is 1.33. The van der Waals surface area contributed by atoms with Crippen LogP contribution in [0.1, 0.15) is 25.6 Å². The number of amides is 3. The van der Waals surface area contributed by atoms with Gasteiger partial charge in [0.05, 0.1) is 13.7 Å². The standard InChI is InChI=1S/C17H18N4O4/c1-17(11-5-6-11)15(22)21(16(23)19-17)9-13-18-14(25-20-13)10-3-7-12(24-2)8-4-10/h3-4,7-8,11H,5-6,9H2,1-2H3,(H,19,23). The second-order valence-corrected chi connectivity index (χ2v) is 6.54. The quantitative estimate of drug-likeness (QED) is 0.834. The van der Waals surface area contributed by atoms with Gasteiger partial charge in [0.15, 0.2) is 5.82 Å². The molecule has 1 N–H and O–H groups in total. The monoisotopic (exact) mass is 342 g/mol. The molecule has 1 unspecified atom stereocenters. The number of hydrogen-bond acceptors (Lipinski definition) is 6. The average Bonchev–Trinajstić information content (AvgIpc) is 3.34. The highest BCUT2D eigenvalue weighted by molar-refractivity contribution is 6.07. The van der Waals surface area contributed by atoms with Crippen LogP contribution < -0.4 is 10.1 Å². The van der Waals surface area contributed by atoms with Crippen molar-refractivity contribution in [3.8, 4) is 17.2 Å². The van der Waals surface area contributed by atoms with E-state index in [2.05, 4.69) is 15.5 Å². The Morgan fingerprint density at radius 3 is 2.68 bits per heavy atom. The van der Waals surface area contributed by atoms with Crippen LogP contribution in [0.4, 0.5) is 4.79 Å². The van der Waals surface area contributed by atoms with E-state index in [0.29, 0.717) is 5.89 Å². The molecule has 1 atom stereocenters. The summed E-state index contributed by atoms with van der Waals surface area (Å²) < 4.78 is 10.4. The minimum atomic E-state index is -0.806. The molecule has 8 nitrogen and oxygen atoms in total. The van der Waals surface area contributed by atoms with E-state index in [1.54, 1.807) is 38.3 Å². The number of ether oxygens (including phenoxy) is 1. The molecule has 1 saturated carbocycles. The lowest BCUT2D eigenvalue weighted by Crippen LogP contribution is -2.46. The van der Waals surface area contributed by atoms with Crippen LogP contribution in [-0.2, 0) is 11.3 Å². The number of hydrogen-bond donors (Lipinski definition) is 1. The van der Waals surface area contributed by atoms with Gasteiger partial charge in [-0.25, -0.2) is 4.79 Å². The van der Waals surface area contributed by atoms with E-state index >= 15 is 0 Å². The van der Waals surface area contributed by atoms with Gasteiger partial charge >= 0.3 is 6.03 Å². The van der Waals surface area contributed by atoms with Gasteiger partial charge in [0.2, 0.25) is 0 Å². The summed E-state index contributed by atoms with van der Waals surface area (Å²) in [6.45, 7) is 1.77. The first-order valence-corrected chi connectivity index (χ1v) is 8.12. The van der Waals surface area contributed by atoms with Gasteiger partial charge in [0.25, 0.3) is 11.8 Å². The zero-order valence-electron chi connectivity index (χ0n) is 14.0. The van der Waals surface area contributed by atoms with Crippen LogP contribution >= 0.6 is 0 Å². The fraction of sp³-hybridized carbons (Fsp3) is 0.412. The van der Waals surface area contributed by atoms with Crippen molar-refractivity contribution in [3.63, 3.8) is 0 Å². The van der Waals surface area contributed by atoms with E-state index in [4.69, 9.17) is 9.26 Å². The Balaban J connectivity index is 1.51. The molecular weight excluding hydrogens is 324 g/mol. The summed E-state index contributed by atoms with van der Waals surface area (Å²) in [6, 6.07) is 6.77. The molecule has 130 valence electrons. The lowest BCUT2D eigenvalue weighted by molar-refractivity contribution is -0.131. The Kier molecular flexibility index (Phi) is 3.48. The lowest BCUT2D eigenvalue weighted by atomic mass is 9.96. The number of nitrogens with zero attached hydrogens (tertiary/aromatic N) is 3. The first-order chi connectivity index (χ1) is 12.0. The highest BCUT2D eigenvalue weighted by atomic mass is 16.5. The Morgan fingerprint density at radius 2 is 2.04 bits per heavy atom. The molecule has 2 aromatic rings. The molecule has 25 heavy (non-hydrogen) atoms. The van der Waals surface area contributed by atoms with Gasteiger partial charge in [-0.2, -0.15) is 4.98 Å². The maximum absolute atomic E-state index is 12.6. The van der Waals surface area contributed by atoms with E-state index < -0.39 is 11.6 Å². The van der Waals surface area contributed by atoms with Crippen LogP contribution in [0.3, 0.4) is 0 Å². The smallest absolute Gasteiger partial charge is 0.325 e. The molecule has 2 fully saturated rings. The normalized spacial score (nSPS) is 23.0. The molecule has 1 saturated heterocycles. The number of rotatable bonds is 5. The van der Waals surface area contributed by atoms with Crippen LogP contribution in [0.25, 0.3) is 11.5 Å². The van der Waals surface area contributed by atoms with Crippen molar-refractivity contribution >= 4 is 11.9 Å². The number of urea groups is 1. The van der Waals surface area contributed by atoms with Gasteiger partial charge in [0, 0.05) is 5.56 Å². The Hall–Kier alpha value is -2.90. The number of carbonyl (C=O) groups is 2. The molecule has 0 spiro atoms. The van der Waals surface area contributed by atoms with Crippen molar-refractivity contribution in [1.29, 1.82) is 0 Å². The van der Waals surface area contributed by atoms with Crippen molar-refractivity contribution in [3.05, 3.63) is 30.1 Å². The van der Waals surface area contributed by atoms with E-state index in [0.717, 1.165) is 29.1 Å². The van der Waals surface area contributed by atoms with Crippen LogP contribution in [0, 0.1) is 5.92 Å². The lowest BCUT2D eigenvalue weighted by Gasteiger charge is -2.20. The largest absolute Gasteiger partial charge is 0.497 e. The minimum absolute atomic E-state index is 0.00731. The second-order valence-electron chi connectivity index (χ2n) is 6.54. The molecule has 3 amide bonds. The predicted octanol–water partition coefficient (Wildman–Crippen LogP) is 1.97. The first kappa shape index (κ1) is 15.6. The summed E-state index contributed by atoms with van der Waals surface area (Å²) in [6.07, 6.45) is 1.92. The highest BCUT2D eigenvalue weighted by Gasteiger charge is 2.56. The topological polar surface area (TPSA) is 97.6 Å². The zero-order chi connectivity index (χ0) is 17.6. The molecule has 2 aliphatic rings. The molecule has 4 rings (SSSR count). The van der Waals surface area contributed by atoms with Crippen LogP contribution in [0.2, 0.25) is 0 Å². The van der Waals surface area contributed by atoms with E-state index in [1.165, 1.54) is 0 Å². The fourth-order valence-electron chi connectivity index (χ4n) is 3.11. The third-order valence-corrected chi connectivity index (χ3v) is 4.80. The van der Waals surface area contributed by atoms with Crippen molar-refractivity contribution in [2.75, 3.05) is 7.11 Å². The third kappa shape index (κ3) is 2.63. The molecule has 1 aromatic carbocycles. The summed E-state index contributed by atoms with van der Waals surface area (Å²) in [4.78, 5) is 30.2. The van der Waals surface area contributed by atoms with Gasteiger partial charge in [-0.1, -0.05) is 5.16 Å². The summed E-state index contributed by atoms with van der Waals surface area (Å²) in [7, 11) is 1.59. The van der Waals surface area contributed by atoms with Crippen LogP contribution in [0.15, 0.2) is 28.8 Å². The molecule has 1 aromatic heterocycles. The van der Waals surface area contributed by atoms with E-state index in [-0.39, 0.29) is 24.2 Å². The van der Waals surface area contributed by atoms with Crippen molar-refractivity contribution in [1.82, 2.24) is 20.4 Å². The maximum atomic E-state index is 12.6. The summed E-state index contributed by atoms with van der Waals surface area (Å²) in [5, 5.41) is 6.69. The van der Waals surface area contributed by atoms with Gasteiger partial charge in [0.1, 0.15) is 11.3 Å². The second kappa shape index (κ2) is 5.58. The third-order valence-electron chi connectivity index (χ3n) is 4.80. The SMILES string of the molecule is COc1ccc(-c2nc(CN3C(=O)NC(C)(C4CC4)C3=O)no2)cc1. The van der Waals surface area contributed by atoms with Crippen LogP contribution in [0.5, 0.6) is 5.75 Å². The van der Waals surface area contributed by atoms with Crippen molar-refractivity contribution in [2.24, 2.45) is 5.92 Å². The molecule has 2 heterocycles. The Bertz CT molecular complexity index is 827. The van der Waals surface area contributed by atoms with Gasteiger partial charge in [-0.15, -0.1) is 0 Å². The predicted molar refractivity (Wildman–Crippen MR) is 86.5 cm³/mol. The zero-order valence-corrected chi connectivity index (χ0v) is 14.0.